The molecule has 0 radical (unpaired) electrons. The standard InChI is InChI=1S/C25H24FN5O3S/c1-28-22-19(24(33)29(2)25(28)34)13-16(14-27-22)23(32)31-11-9-30(10-12-31)15-17-7-8-21(35-17)18-5-3-4-6-20(18)26/h3-8,13-14H,9-12,15H2,1-2H3. The number of fused-ring (bicyclic) bond motifs is 1. The van der Waals surface area contributed by atoms with Crippen molar-refractivity contribution in [2.45, 2.75) is 6.54 Å². The number of rotatable bonds is 4. The highest BCUT2D eigenvalue weighted by atomic mass is 32.1. The molecule has 1 aromatic carbocycles. The van der Waals surface area contributed by atoms with Crippen LogP contribution in [0.3, 0.4) is 0 Å². The lowest BCUT2D eigenvalue weighted by molar-refractivity contribution is 0.0629. The molecule has 0 atom stereocenters. The molecule has 1 fully saturated rings. The molecule has 4 heterocycles. The summed E-state index contributed by atoms with van der Waals surface area (Å²) in [5, 5.41) is 0.238. The van der Waals surface area contributed by atoms with E-state index in [9.17, 15) is 18.8 Å². The number of hydrogen-bond acceptors (Lipinski definition) is 6. The quantitative estimate of drug-likeness (QED) is 0.436. The Balaban J connectivity index is 1.26. The van der Waals surface area contributed by atoms with Crippen molar-refractivity contribution in [3.05, 3.63) is 85.8 Å². The highest BCUT2D eigenvalue weighted by molar-refractivity contribution is 7.15. The number of aryl methyl sites for hydroxylation is 1. The molecular formula is C25H24FN5O3S. The number of nitrogens with zero attached hydrogens (tertiary/aromatic N) is 5. The lowest BCUT2D eigenvalue weighted by atomic mass is 10.2. The third kappa shape index (κ3) is 4.30. The molecule has 3 aromatic heterocycles. The SMILES string of the molecule is Cn1c(=O)c2cc(C(=O)N3CCN(Cc4ccc(-c5ccccc5F)s4)CC3)cnc2n(C)c1=O. The summed E-state index contributed by atoms with van der Waals surface area (Å²) in [7, 11) is 2.95. The maximum absolute atomic E-state index is 14.1. The number of pyridine rings is 1. The van der Waals surface area contributed by atoms with Crippen LogP contribution in [-0.4, -0.2) is 56.0 Å². The van der Waals surface area contributed by atoms with Crippen LogP contribution < -0.4 is 11.2 Å². The highest BCUT2D eigenvalue weighted by Crippen LogP contribution is 2.30. The molecular weight excluding hydrogens is 469 g/mol. The predicted molar refractivity (Wildman–Crippen MR) is 133 cm³/mol. The van der Waals surface area contributed by atoms with Crippen LogP contribution in [0.1, 0.15) is 15.2 Å². The van der Waals surface area contributed by atoms with Crippen molar-refractivity contribution < 1.29 is 9.18 Å². The lowest BCUT2D eigenvalue weighted by Gasteiger charge is -2.34. The maximum atomic E-state index is 14.1. The molecule has 0 unspecified atom stereocenters. The molecule has 1 saturated heterocycles. The number of hydrogen-bond donors (Lipinski definition) is 0. The van der Waals surface area contributed by atoms with Crippen molar-refractivity contribution in [3.8, 4) is 10.4 Å². The molecule has 1 aliphatic heterocycles. The van der Waals surface area contributed by atoms with Crippen LogP contribution in [0.25, 0.3) is 21.5 Å². The van der Waals surface area contributed by atoms with Gasteiger partial charge in [0.1, 0.15) is 11.5 Å². The van der Waals surface area contributed by atoms with Crippen LogP contribution in [0.4, 0.5) is 4.39 Å². The number of amides is 1. The molecule has 0 aliphatic carbocycles. The number of halogens is 1. The van der Waals surface area contributed by atoms with E-state index in [-0.39, 0.29) is 22.8 Å². The third-order valence-electron chi connectivity index (χ3n) is 6.38. The summed E-state index contributed by atoms with van der Waals surface area (Å²) >= 11 is 1.58. The topological polar surface area (TPSA) is 80.4 Å². The number of carbonyl (C=O) groups excluding carboxylic acids is 1. The third-order valence-corrected chi connectivity index (χ3v) is 7.48. The van der Waals surface area contributed by atoms with Gasteiger partial charge in [-0.3, -0.25) is 23.6 Å². The molecule has 10 heteroatoms. The van der Waals surface area contributed by atoms with E-state index >= 15 is 0 Å². The smallest absolute Gasteiger partial charge is 0.332 e. The second-order valence-corrected chi connectivity index (χ2v) is 9.78. The molecule has 0 saturated carbocycles. The zero-order valence-electron chi connectivity index (χ0n) is 19.4. The van der Waals surface area contributed by atoms with Crippen molar-refractivity contribution in [2.75, 3.05) is 26.2 Å². The normalized spacial score (nSPS) is 14.5. The van der Waals surface area contributed by atoms with E-state index in [2.05, 4.69) is 9.88 Å². The minimum atomic E-state index is -0.472. The second kappa shape index (κ2) is 9.20. The predicted octanol–water partition coefficient (Wildman–Crippen LogP) is 2.46. The minimum Gasteiger partial charge on any atom is -0.336 e. The fourth-order valence-electron chi connectivity index (χ4n) is 4.36. The summed E-state index contributed by atoms with van der Waals surface area (Å²) in [5.74, 6) is -0.413. The number of aromatic nitrogens is 3. The van der Waals surface area contributed by atoms with Gasteiger partial charge in [-0.05, 0) is 24.3 Å². The van der Waals surface area contributed by atoms with Gasteiger partial charge in [-0.15, -0.1) is 11.3 Å². The van der Waals surface area contributed by atoms with E-state index in [1.165, 1.54) is 29.9 Å². The average Bonchev–Trinajstić information content (AvgIpc) is 3.34. The molecule has 1 aliphatic rings. The largest absolute Gasteiger partial charge is 0.336 e. The first kappa shape index (κ1) is 23.1. The molecule has 0 spiro atoms. The van der Waals surface area contributed by atoms with Crippen LogP contribution in [0.15, 0.2) is 58.3 Å². The van der Waals surface area contributed by atoms with Crippen LogP contribution in [0, 0.1) is 5.82 Å². The monoisotopic (exact) mass is 493 g/mol. The number of carbonyl (C=O) groups is 1. The Morgan fingerprint density at radius 2 is 1.77 bits per heavy atom. The fourth-order valence-corrected chi connectivity index (χ4v) is 5.44. The van der Waals surface area contributed by atoms with Gasteiger partial charge in [-0.1, -0.05) is 18.2 Å². The Bertz CT molecular complexity index is 1550. The van der Waals surface area contributed by atoms with Gasteiger partial charge in [0, 0.05) is 68.3 Å². The van der Waals surface area contributed by atoms with Crippen molar-refractivity contribution in [2.24, 2.45) is 14.1 Å². The molecule has 8 nitrogen and oxygen atoms in total. The molecule has 0 N–H and O–H groups in total. The van der Waals surface area contributed by atoms with Gasteiger partial charge in [0.05, 0.1) is 10.9 Å². The number of piperazine rings is 1. The summed E-state index contributed by atoms with van der Waals surface area (Å²) in [6.07, 6.45) is 1.42. The fraction of sp³-hybridized carbons (Fsp3) is 0.280. The lowest BCUT2D eigenvalue weighted by Crippen LogP contribution is -2.48. The van der Waals surface area contributed by atoms with Gasteiger partial charge >= 0.3 is 5.69 Å². The first-order chi connectivity index (χ1) is 16.8. The first-order valence-corrected chi connectivity index (χ1v) is 12.1. The van der Waals surface area contributed by atoms with Crippen molar-refractivity contribution in [1.29, 1.82) is 0 Å². The zero-order valence-corrected chi connectivity index (χ0v) is 20.2. The zero-order chi connectivity index (χ0) is 24.7. The van der Waals surface area contributed by atoms with Gasteiger partial charge in [0.2, 0.25) is 0 Å². The van der Waals surface area contributed by atoms with Gasteiger partial charge < -0.3 is 4.90 Å². The van der Waals surface area contributed by atoms with Crippen LogP contribution >= 0.6 is 11.3 Å². The second-order valence-electron chi connectivity index (χ2n) is 8.62. The van der Waals surface area contributed by atoms with Crippen molar-refractivity contribution >= 4 is 28.3 Å². The summed E-state index contributed by atoms with van der Waals surface area (Å²) in [5.41, 5.74) is 0.260. The Labute approximate surface area is 204 Å². The number of thiophene rings is 1. The van der Waals surface area contributed by atoms with Crippen molar-refractivity contribution in [3.63, 3.8) is 0 Å². The van der Waals surface area contributed by atoms with Crippen molar-refractivity contribution in [1.82, 2.24) is 23.9 Å². The van der Waals surface area contributed by atoms with Gasteiger partial charge in [-0.25, -0.2) is 14.2 Å². The molecule has 0 bridgehead atoms. The van der Waals surface area contributed by atoms with Gasteiger partial charge in [-0.2, -0.15) is 0 Å². The molecule has 35 heavy (non-hydrogen) atoms. The summed E-state index contributed by atoms with van der Waals surface area (Å²) in [6, 6.07) is 12.3. The average molecular weight is 494 g/mol. The van der Waals surface area contributed by atoms with E-state index in [4.69, 9.17) is 0 Å². The van der Waals surface area contributed by atoms with Crippen LogP contribution in [-0.2, 0) is 20.6 Å². The van der Waals surface area contributed by atoms with E-state index in [0.29, 0.717) is 37.3 Å². The summed E-state index contributed by atoms with van der Waals surface area (Å²) in [4.78, 5) is 48.1. The Hall–Kier alpha value is -3.63. The highest BCUT2D eigenvalue weighted by Gasteiger charge is 2.24. The molecule has 4 aromatic rings. The molecule has 5 rings (SSSR count). The Kier molecular flexibility index (Phi) is 6.08. The van der Waals surface area contributed by atoms with E-state index in [1.54, 1.807) is 35.4 Å². The molecule has 180 valence electrons. The first-order valence-electron chi connectivity index (χ1n) is 11.2. The van der Waals surface area contributed by atoms with E-state index in [0.717, 1.165) is 20.9 Å². The summed E-state index contributed by atoms with van der Waals surface area (Å²) in [6.45, 7) is 3.25. The van der Waals surface area contributed by atoms with E-state index in [1.807, 2.05) is 18.2 Å². The Morgan fingerprint density at radius 1 is 1.03 bits per heavy atom. The van der Waals surface area contributed by atoms with Crippen LogP contribution in [0.5, 0.6) is 0 Å². The minimum absolute atomic E-state index is 0.187. The van der Waals surface area contributed by atoms with Crippen LogP contribution in [0.2, 0.25) is 0 Å². The van der Waals surface area contributed by atoms with Gasteiger partial charge in [0.15, 0.2) is 0 Å². The van der Waals surface area contributed by atoms with Gasteiger partial charge in [0.25, 0.3) is 11.5 Å². The maximum Gasteiger partial charge on any atom is 0.332 e. The number of benzene rings is 1. The summed E-state index contributed by atoms with van der Waals surface area (Å²) < 4.78 is 16.4. The Morgan fingerprint density at radius 3 is 2.51 bits per heavy atom. The molecule has 1 amide bonds. The van der Waals surface area contributed by atoms with E-state index < -0.39 is 11.2 Å².